The van der Waals surface area contributed by atoms with Gasteiger partial charge in [-0.2, -0.15) is 0 Å². The maximum Gasteiger partial charge on any atom is 0.0332 e. The van der Waals surface area contributed by atoms with Crippen molar-refractivity contribution in [1.82, 2.24) is 9.88 Å². The van der Waals surface area contributed by atoms with Crippen molar-refractivity contribution in [3.05, 3.63) is 30.1 Å². The molecule has 0 aliphatic heterocycles. The van der Waals surface area contributed by atoms with Crippen LogP contribution in [0.2, 0.25) is 0 Å². The van der Waals surface area contributed by atoms with E-state index in [1.807, 2.05) is 18.5 Å². The van der Waals surface area contributed by atoms with E-state index in [1.54, 1.807) is 0 Å². The molecule has 1 aromatic heterocycles. The fraction of sp³-hybridized carbons (Fsp3) is 0.688. The van der Waals surface area contributed by atoms with Crippen LogP contribution in [0.4, 0.5) is 0 Å². The highest BCUT2D eigenvalue weighted by atomic mass is 15.2. The third kappa shape index (κ3) is 4.29. The lowest BCUT2D eigenvalue weighted by Gasteiger charge is -2.42. The van der Waals surface area contributed by atoms with E-state index < -0.39 is 0 Å². The second-order valence-electron chi connectivity index (χ2n) is 5.72. The zero-order chi connectivity index (χ0) is 14.3. The van der Waals surface area contributed by atoms with Gasteiger partial charge in [0.05, 0.1) is 0 Å². The van der Waals surface area contributed by atoms with Crippen molar-refractivity contribution in [1.29, 1.82) is 0 Å². The van der Waals surface area contributed by atoms with Gasteiger partial charge in [0.1, 0.15) is 0 Å². The summed E-state index contributed by atoms with van der Waals surface area (Å²) < 4.78 is 0. The number of rotatable bonds is 8. The van der Waals surface area contributed by atoms with Crippen LogP contribution in [0.1, 0.15) is 45.6 Å². The third-order valence-electron chi connectivity index (χ3n) is 4.42. The lowest BCUT2D eigenvalue weighted by Crippen LogP contribution is -2.52. The standard InChI is InChI=1S/C16H29N3/c1-5-14(3)10-16(6-2,13-17)19(4)12-15-8-7-9-18-11-15/h7-9,11,14H,5-6,10,12-13,17H2,1-4H3. The lowest BCUT2D eigenvalue weighted by molar-refractivity contribution is 0.0854. The average molecular weight is 263 g/mol. The van der Waals surface area contributed by atoms with Gasteiger partial charge in [-0.15, -0.1) is 0 Å². The van der Waals surface area contributed by atoms with Crippen molar-refractivity contribution in [2.45, 2.75) is 52.1 Å². The molecule has 0 aliphatic carbocycles. The van der Waals surface area contributed by atoms with Crippen molar-refractivity contribution in [2.75, 3.05) is 13.6 Å². The van der Waals surface area contributed by atoms with E-state index >= 15 is 0 Å². The van der Waals surface area contributed by atoms with Crippen LogP contribution in [0.3, 0.4) is 0 Å². The first-order valence-corrected chi connectivity index (χ1v) is 7.38. The lowest BCUT2D eigenvalue weighted by atomic mass is 9.83. The largest absolute Gasteiger partial charge is 0.329 e. The fourth-order valence-corrected chi connectivity index (χ4v) is 2.68. The Hall–Kier alpha value is -0.930. The molecule has 0 saturated heterocycles. The van der Waals surface area contributed by atoms with E-state index in [-0.39, 0.29) is 5.54 Å². The van der Waals surface area contributed by atoms with Crippen LogP contribution in [0.5, 0.6) is 0 Å². The molecule has 0 fully saturated rings. The third-order valence-corrected chi connectivity index (χ3v) is 4.42. The molecule has 0 amide bonds. The van der Waals surface area contributed by atoms with Gasteiger partial charge < -0.3 is 5.73 Å². The summed E-state index contributed by atoms with van der Waals surface area (Å²) in [5, 5.41) is 0. The van der Waals surface area contributed by atoms with Gasteiger partial charge in [-0.25, -0.2) is 0 Å². The zero-order valence-electron chi connectivity index (χ0n) is 12.9. The minimum Gasteiger partial charge on any atom is -0.329 e. The highest BCUT2D eigenvalue weighted by Crippen LogP contribution is 2.28. The first kappa shape index (κ1) is 16.1. The van der Waals surface area contributed by atoms with E-state index in [9.17, 15) is 0 Å². The Morgan fingerprint density at radius 3 is 2.63 bits per heavy atom. The van der Waals surface area contributed by atoms with Gasteiger partial charge in [0.2, 0.25) is 0 Å². The summed E-state index contributed by atoms with van der Waals surface area (Å²) in [7, 11) is 2.19. The van der Waals surface area contributed by atoms with Gasteiger partial charge in [0, 0.05) is 31.0 Å². The molecule has 1 heterocycles. The molecule has 0 aliphatic rings. The summed E-state index contributed by atoms with van der Waals surface area (Å²) in [4.78, 5) is 6.60. The fourth-order valence-electron chi connectivity index (χ4n) is 2.68. The second kappa shape index (κ2) is 7.61. The minimum atomic E-state index is 0.102. The van der Waals surface area contributed by atoms with E-state index in [0.29, 0.717) is 12.5 Å². The van der Waals surface area contributed by atoms with Crippen LogP contribution < -0.4 is 5.73 Å². The van der Waals surface area contributed by atoms with E-state index in [0.717, 1.165) is 19.4 Å². The van der Waals surface area contributed by atoms with Gasteiger partial charge >= 0.3 is 0 Å². The first-order chi connectivity index (χ1) is 9.07. The van der Waals surface area contributed by atoms with Crippen molar-refractivity contribution in [2.24, 2.45) is 11.7 Å². The Labute approximate surface area is 118 Å². The molecule has 2 atom stereocenters. The maximum atomic E-state index is 6.12. The molecule has 19 heavy (non-hydrogen) atoms. The molecule has 108 valence electrons. The smallest absolute Gasteiger partial charge is 0.0332 e. The highest BCUT2D eigenvalue weighted by Gasteiger charge is 2.32. The van der Waals surface area contributed by atoms with Crippen LogP contribution in [0.25, 0.3) is 0 Å². The highest BCUT2D eigenvalue weighted by molar-refractivity contribution is 5.09. The number of aromatic nitrogens is 1. The summed E-state index contributed by atoms with van der Waals surface area (Å²) in [5.41, 5.74) is 7.47. The number of nitrogens with zero attached hydrogens (tertiary/aromatic N) is 2. The van der Waals surface area contributed by atoms with E-state index in [2.05, 4.69) is 43.8 Å². The molecule has 0 bridgehead atoms. The maximum absolute atomic E-state index is 6.12. The van der Waals surface area contributed by atoms with E-state index in [1.165, 1.54) is 12.0 Å². The molecule has 3 heteroatoms. The van der Waals surface area contributed by atoms with Crippen molar-refractivity contribution >= 4 is 0 Å². The summed E-state index contributed by atoms with van der Waals surface area (Å²) >= 11 is 0. The van der Waals surface area contributed by atoms with Crippen LogP contribution in [0, 0.1) is 5.92 Å². The van der Waals surface area contributed by atoms with Crippen LogP contribution in [-0.2, 0) is 6.54 Å². The summed E-state index contributed by atoms with van der Waals surface area (Å²) in [6.07, 6.45) is 7.22. The van der Waals surface area contributed by atoms with Crippen LogP contribution in [-0.4, -0.2) is 29.0 Å². The summed E-state index contributed by atoms with van der Waals surface area (Å²) in [6, 6.07) is 4.12. The molecule has 1 rings (SSSR count). The summed E-state index contributed by atoms with van der Waals surface area (Å²) in [5.74, 6) is 0.708. The molecule has 0 saturated carbocycles. The normalized spacial score (nSPS) is 16.3. The zero-order valence-corrected chi connectivity index (χ0v) is 12.9. The average Bonchev–Trinajstić information content (AvgIpc) is 2.45. The van der Waals surface area contributed by atoms with Crippen molar-refractivity contribution < 1.29 is 0 Å². The van der Waals surface area contributed by atoms with Gasteiger partial charge in [-0.1, -0.05) is 33.3 Å². The first-order valence-electron chi connectivity index (χ1n) is 7.38. The number of pyridine rings is 1. The molecular formula is C16H29N3. The van der Waals surface area contributed by atoms with Crippen LogP contribution in [0.15, 0.2) is 24.5 Å². The molecule has 0 radical (unpaired) electrons. The Balaban J connectivity index is 2.80. The summed E-state index contributed by atoms with van der Waals surface area (Å²) in [6.45, 7) is 8.44. The molecule has 2 N–H and O–H groups in total. The quantitative estimate of drug-likeness (QED) is 0.784. The van der Waals surface area contributed by atoms with E-state index in [4.69, 9.17) is 5.73 Å². The van der Waals surface area contributed by atoms with Crippen molar-refractivity contribution in [3.8, 4) is 0 Å². The molecule has 1 aromatic rings. The predicted molar refractivity (Wildman–Crippen MR) is 81.9 cm³/mol. The van der Waals surface area contributed by atoms with Gasteiger partial charge in [-0.3, -0.25) is 9.88 Å². The number of hydrogen-bond donors (Lipinski definition) is 1. The molecule has 0 aromatic carbocycles. The van der Waals surface area contributed by atoms with Crippen LogP contribution >= 0.6 is 0 Å². The predicted octanol–water partition coefficient (Wildman–Crippen LogP) is 3.06. The topological polar surface area (TPSA) is 42.1 Å². The second-order valence-corrected chi connectivity index (χ2v) is 5.72. The number of hydrogen-bond acceptors (Lipinski definition) is 3. The van der Waals surface area contributed by atoms with Gasteiger partial charge in [-0.05, 0) is 37.4 Å². The minimum absolute atomic E-state index is 0.102. The molecule has 3 nitrogen and oxygen atoms in total. The molecule has 0 spiro atoms. The Morgan fingerprint density at radius 2 is 2.16 bits per heavy atom. The van der Waals surface area contributed by atoms with Gasteiger partial charge in [0.25, 0.3) is 0 Å². The Morgan fingerprint density at radius 1 is 1.42 bits per heavy atom. The molecular weight excluding hydrogens is 234 g/mol. The SMILES string of the molecule is CCC(C)CC(CC)(CN)N(C)Cc1cccnc1. The Bertz CT molecular complexity index is 346. The number of nitrogens with two attached hydrogens (primary N) is 1. The van der Waals surface area contributed by atoms with Gasteiger partial charge in [0.15, 0.2) is 0 Å². The number of likely N-dealkylation sites (N-methyl/N-ethyl adjacent to an activating group) is 1. The monoisotopic (exact) mass is 263 g/mol. The Kier molecular flexibility index (Phi) is 6.46. The van der Waals surface area contributed by atoms with Crippen molar-refractivity contribution in [3.63, 3.8) is 0 Å². The molecule has 2 unspecified atom stereocenters.